The van der Waals surface area contributed by atoms with E-state index in [9.17, 15) is 4.79 Å². The summed E-state index contributed by atoms with van der Waals surface area (Å²) in [6, 6.07) is 1.63. The van der Waals surface area contributed by atoms with Crippen molar-refractivity contribution in [2.24, 2.45) is 0 Å². The lowest BCUT2D eigenvalue weighted by Crippen LogP contribution is -2.32. The van der Waals surface area contributed by atoms with Gasteiger partial charge in [-0.1, -0.05) is 11.6 Å². The van der Waals surface area contributed by atoms with E-state index in [-0.39, 0.29) is 5.91 Å². The second kappa shape index (κ2) is 5.68. The fourth-order valence-electron chi connectivity index (χ4n) is 1.14. The highest BCUT2D eigenvalue weighted by molar-refractivity contribution is 6.33. The molecule has 0 unspecified atom stereocenters. The van der Waals surface area contributed by atoms with Gasteiger partial charge in [0, 0.05) is 32.5 Å². The second-order valence-corrected chi connectivity index (χ2v) is 3.59. The van der Waals surface area contributed by atoms with Gasteiger partial charge in [-0.05, 0) is 13.1 Å². The molecule has 0 saturated carbocycles. The molecule has 1 rings (SSSR count). The third-order valence-corrected chi connectivity index (χ3v) is 2.35. The molecule has 1 N–H and O–H groups in total. The zero-order valence-corrected chi connectivity index (χ0v) is 9.58. The Labute approximate surface area is 94.3 Å². The van der Waals surface area contributed by atoms with Crippen molar-refractivity contribution in [3.8, 4) is 0 Å². The van der Waals surface area contributed by atoms with E-state index in [1.807, 2.05) is 7.05 Å². The fourth-order valence-corrected chi connectivity index (χ4v) is 1.34. The summed E-state index contributed by atoms with van der Waals surface area (Å²) in [4.78, 5) is 17.3. The minimum Gasteiger partial charge on any atom is -0.340 e. The first-order valence-electron chi connectivity index (χ1n) is 4.66. The van der Waals surface area contributed by atoms with E-state index in [0.29, 0.717) is 17.1 Å². The molecule has 0 radical (unpaired) electrons. The minimum absolute atomic E-state index is 0.0855. The van der Waals surface area contributed by atoms with Crippen LogP contribution in [-0.2, 0) is 0 Å². The molecule has 4 nitrogen and oxygen atoms in total. The van der Waals surface area contributed by atoms with Gasteiger partial charge in [0.1, 0.15) is 0 Å². The summed E-state index contributed by atoms with van der Waals surface area (Å²) < 4.78 is 0. The van der Waals surface area contributed by atoms with E-state index in [4.69, 9.17) is 11.6 Å². The number of hydrogen-bond acceptors (Lipinski definition) is 3. The van der Waals surface area contributed by atoms with Crippen LogP contribution in [-0.4, -0.2) is 43.0 Å². The molecule has 0 fully saturated rings. The molecule has 15 heavy (non-hydrogen) atoms. The maximum atomic E-state index is 11.9. The van der Waals surface area contributed by atoms with Crippen molar-refractivity contribution in [3.05, 3.63) is 29.0 Å². The number of rotatable bonds is 4. The largest absolute Gasteiger partial charge is 0.340 e. The van der Waals surface area contributed by atoms with Gasteiger partial charge in [0.2, 0.25) is 0 Å². The monoisotopic (exact) mass is 227 g/mol. The molecule has 0 spiro atoms. The predicted octanol–water partition coefficient (Wildman–Crippen LogP) is 1.03. The maximum Gasteiger partial charge on any atom is 0.255 e. The van der Waals surface area contributed by atoms with Gasteiger partial charge >= 0.3 is 0 Å². The van der Waals surface area contributed by atoms with Crippen molar-refractivity contribution in [1.29, 1.82) is 0 Å². The van der Waals surface area contributed by atoms with Gasteiger partial charge < -0.3 is 10.2 Å². The molecule has 1 heterocycles. The molecule has 0 aliphatic carbocycles. The summed E-state index contributed by atoms with van der Waals surface area (Å²) in [6.45, 7) is 1.40. The maximum absolute atomic E-state index is 11.9. The van der Waals surface area contributed by atoms with Crippen LogP contribution >= 0.6 is 11.6 Å². The Morgan fingerprint density at radius 2 is 2.40 bits per heavy atom. The summed E-state index contributed by atoms with van der Waals surface area (Å²) in [5.74, 6) is -0.0855. The highest BCUT2D eigenvalue weighted by atomic mass is 35.5. The van der Waals surface area contributed by atoms with Crippen LogP contribution in [0.15, 0.2) is 18.5 Å². The van der Waals surface area contributed by atoms with Crippen molar-refractivity contribution in [2.45, 2.75) is 0 Å². The molecule has 82 valence electrons. The normalized spacial score (nSPS) is 10.1. The Morgan fingerprint density at radius 3 is 3.00 bits per heavy atom. The molecule has 1 aromatic rings. The van der Waals surface area contributed by atoms with E-state index >= 15 is 0 Å². The quantitative estimate of drug-likeness (QED) is 0.836. The van der Waals surface area contributed by atoms with Crippen LogP contribution < -0.4 is 5.32 Å². The van der Waals surface area contributed by atoms with Gasteiger partial charge in [-0.2, -0.15) is 0 Å². The fraction of sp³-hybridized carbons (Fsp3) is 0.400. The summed E-state index contributed by atoms with van der Waals surface area (Å²) in [7, 11) is 3.59. The number of likely N-dealkylation sites (N-methyl/N-ethyl adjacent to an activating group) is 2. The van der Waals surface area contributed by atoms with Crippen LogP contribution in [0.1, 0.15) is 10.4 Å². The van der Waals surface area contributed by atoms with Crippen molar-refractivity contribution >= 4 is 17.5 Å². The van der Waals surface area contributed by atoms with Gasteiger partial charge in [0.25, 0.3) is 5.91 Å². The molecule has 0 aliphatic rings. The Kier molecular flexibility index (Phi) is 4.52. The first-order valence-corrected chi connectivity index (χ1v) is 5.04. The average molecular weight is 228 g/mol. The molecule has 1 aromatic heterocycles. The summed E-state index contributed by atoms with van der Waals surface area (Å²) in [6.07, 6.45) is 3.03. The van der Waals surface area contributed by atoms with Crippen LogP contribution in [0.4, 0.5) is 0 Å². The van der Waals surface area contributed by atoms with E-state index in [0.717, 1.165) is 6.54 Å². The minimum atomic E-state index is -0.0855. The van der Waals surface area contributed by atoms with E-state index in [1.165, 1.54) is 6.20 Å². The average Bonchev–Trinajstić information content (AvgIpc) is 2.25. The van der Waals surface area contributed by atoms with Crippen LogP contribution in [0.2, 0.25) is 5.02 Å². The zero-order valence-electron chi connectivity index (χ0n) is 8.83. The van der Waals surface area contributed by atoms with E-state index in [1.54, 1.807) is 24.2 Å². The molecule has 0 atom stereocenters. The lowest BCUT2D eigenvalue weighted by Gasteiger charge is -2.17. The predicted molar refractivity (Wildman–Crippen MR) is 60.1 cm³/mol. The first-order chi connectivity index (χ1) is 7.16. The lowest BCUT2D eigenvalue weighted by atomic mass is 10.2. The molecular weight excluding hydrogens is 214 g/mol. The zero-order chi connectivity index (χ0) is 11.3. The second-order valence-electron chi connectivity index (χ2n) is 3.19. The Hall–Kier alpha value is -1.13. The molecule has 0 bridgehead atoms. The third-order valence-electron chi connectivity index (χ3n) is 2.05. The molecular formula is C10H14ClN3O. The number of halogens is 1. The number of nitrogens with zero attached hydrogens (tertiary/aromatic N) is 2. The molecule has 0 aliphatic heterocycles. The SMILES string of the molecule is CNCCN(C)C(=O)c1ccncc1Cl. The lowest BCUT2D eigenvalue weighted by molar-refractivity contribution is 0.0797. The molecule has 5 heteroatoms. The Morgan fingerprint density at radius 1 is 1.67 bits per heavy atom. The Balaban J connectivity index is 2.72. The van der Waals surface area contributed by atoms with Gasteiger partial charge in [-0.15, -0.1) is 0 Å². The molecule has 1 amide bonds. The number of pyridine rings is 1. The van der Waals surface area contributed by atoms with Gasteiger partial charge in [-0.3, -0.25) is 9.78 Å². The van der Waals surface area contributed by atoms with Crippen LogP contribution in [0, 0.1) is 0 Å². The van der Waals surface area contributed by atoms with Crippen LogP contribution in [0.25, 0.3) is 0 Å². The number of carbonyl (C=O) groups is 1. The standard InChI is InChI=1S/C10H14ClN3O/c1-12-5-6-14(2)10(15)8-3-4-13-7-9(8)11/h3-4,7,12H,5-6H2,1-2H3. The van der Waals surface area contributed by atoms with Crippen LogP contribution in [0.3, 0.4) is 0 Å². The molecule has 0 aromatic carbocycles. The van der Waals surface area contributed by atoms with E-state index in [2.05, 4.69) is 10.3 Å². The Bertz CT molecular complexity index is 343. The molecule has 0 saturated heterocycles. The third kappa shape index (κ3) is 3.18. The van der Waals surface area contributed by atoms with E-state index < -0.39 is 0 Å². The van der Waals surface area contributed by atoms with Crippen LogP contribution in [0.5, 0.6) is 0 Å². The number of carbonyl (C=O) groups excluding carboxylic acids is 1. The summed E-state index contributed by atoms with van der Waals surface area (Å²) >= 11 is 5.87. The smallest absolute Gasteiger partial charge is 0.255 e. The van der Waals surface area contributed by atoms with Gasteiger partial charge in [-0.25, -0.2) is 0 Å². The van der Waals surface area contributed by atoms with Gasteiger partial charge in [0.15, 0.2) is 0 Å². The van der Waals surface area contributed by atoms with Crippen molar-refractivity contribution in [3.63, 3.8) is 0 Å². The number of hydrogen-bond donors (Lipinski definition) is 1. The highest BCUT2D eigenvalue weighted by Gasteiger charge is 2.13. The number of amides is 1. The number of aromatic nitrogens is 1. The van der Waals surface area contributed by atoms with Crippen molar-refractivity contribution < 1.29 is 4.79 Å². The van der Waals surface area contributed by atoms with Crippen molar-refractivity contribution in [2.75, 3.05) is 27.2 Å². The van der Waals surface area contributed by atoms with Gasteiger partial charge in [0.05, 0.1) is 10.6 Å². The van der Waals surface area contributed by atoms with Crippen molar-refractivity contribution in [1.82, 2.24) is 15.2 Å². The summed E-state index contributed by atoms with van der Waals surface area (Å²) in [5, 5.41) is 3.37. The first kappa shape index (κ1) is 11.9. The topological polar surface area (TPSA) is 45.2 Å². The highest BCUT2D eigenvalue weighted by Crippen LogP contribution is 2.14. The number of nitrogens with one attached hydrogen (secondary N) is 1. The summed E-state index contributed by atoms with van der Waals surface area (Å²) in [5.41, 5.74) is 0.491.